The molecule has 1 heterocycles. The number of nitrogens with zero attached hydrogens (tertiary/aromatic N) is 1. The van der Waals surface area contributed by atoms with E-state index < -0.39 is 11.6 Å². The Morgan fingerprint density at radius 3 is 2.04 bits per heavy atom. The van der Waals surface area contributed by atoms with Gasteiger partial charge in [0.05, 0.1) is 12.6 Å². The molecular weight excluding hydrogens is 734 g/mol. The largest absolute Gasteiger partial charge is 0.494 e. The van der Waals surface area contributed by atoms with Gasteiger partial charge in [0, 0.05) is 39.5 Å². The monoisotopic (exact) mass is 765 g/mol. The number of benzene rings is 5. The molecule has 0 fully saturated rings. The van der Waals surface area contributed by atoms with Crippen LogP contribution in [0.1, 0.15) is 46.4 Å². The van der Waals surface area contributed by atoms with Gasteiger partial charge >= 0.3 is 0 Å². The van der Waals surface area contributed by atoms with Crippen LogP contribution in [0, 0.1) is 0 Å². The quantitative estimate of drug-likeness (QED) is 0.0941. The highest BCUT2D eigenvalue weighted by molar-refractivity contribution is 9.10. The second-order valence-electron chi connectivity index (χ2n) is 11.8. The second kappa shape index (κ2) is 14.1. The standard InChI is InChI=1S/C39H33Br2N3O4/c40-33-16-7-1-10-26(33)24-39(38(46)44-43-35-30-13-4-2-11-28(30)29-12-3-5-14-31(29)35)36(32-15-6-8-17-34(32)41)48-37(42-39)25-18-20-27(21-19-25)47-23-9-22-45/h1-8,10-21,35-36,43,45H,9,22-24H2,(H,44,46)/t36-,39-/m0/s1. The summed E-state index contributed by atoms with van der Waals surface area (Å²) >= 11 is 7.44. The average molecular weight is 768 g/mol. The number of hydrogen-bond donors (Lipinski definition) is 3. The molecule has 1 amide bonds. The van der Waals surface area contributed by atoms with Crippen molar-refractivity contribution in [3.8, 4) is 16.9 Å². The minimum Gasteiger partial charge on any atom is -0.494 e. The number of hydrazine groups is 1. The van der Waals surface area contributed by atoms with Gasteiger partial charge in [0.1, 0.15) is 5.75 Å². The van der Waals surface area contributed by atoms with E-state index in [0.717, 1.165) is 47.9 Å². The van der Waals surface area contributed by atoms with Crippen LogP contribution in [0.15, 0.2) is 135 Å². The number of aliphatic hydroxyl groups excluding tert-OH is 1. The molecule has 0 radical (unpaired) electrons. The van der Waals surface area contributed by atoms with E-state index in [1.807, 2.05) is 97.1 Å². The lowest BCUT2D eigenvalue weighted by molar-refractivity contribution is -0.130. The number of fused-ring (bicyclic) bond motifs is 3. The summed E-state index contributed by atoms with van der Waals surface area (Å²) in [5.74, 6) is 0.711. The number of ether oxygens (including phenoxy) is 2. The highest BCUT2D eigenvalue weighted by atomic mass is 79.9. The minimum absolute atomic E-state index is 0.0649. The van der Waals surface area contributed by atoms with Gasteiger partial charge in [-0.15, -0.1) is 0 Å². The van der Waals surface area contributed by atoms with Crippen molar-refractivity contribution in [2.75, 3.05) is 13.2 Å². The van der Waals surface area contributed by atoms with Crippen molar-refractivity contribution in [3.05, 3.63) is 158 Å². The molecule has 0 spiro atoms. The minimum atomic E-state index is -1.40. The number of aliphatic imine (C=N–C) groups is 1. The van der Waals surface area contributed by atoms with E-state index in [1.165, 1.54) is 0 Å². The van der Waals surface area contributed by atoms with Gasteiger partial charge in [-0.25, -0.2) is 10.4 Å². The van der Waals surface area contributed by atoms with Crippen LogP contribution in [0.25, 0.3) is 11.1 Å². The van der Waals surface area contributed by atoms with E-state index in [1.54, 1.807) is 0 Å². The van der Waals surface area contributed by atoms with Crippen molar-refractivity contribution in [2.45, 2.75) is 30.5 Å². The van der Waals surface area contributed by atoms with Crippen molar-refractivity contribution in [1.82, 2.24) is 10.9 Å². The zero-order chi connectivity index (χ0) is 33.1. The Bertz CT molecular complexity index is 1940. The first-order chi connectivity index (χ1) is 23.5. The number of rotatable bonds is 11. The lowest BCUT2D eigenvalue weighted by atomic mass is 9.82. The fraction of sp³-hybridized carbons (Fsp3) is 0.179. The lowest BCUT2D eigenvalue weighted by Crippen LogP contribution is -2.54. The molecule has 242 valence electrons. The van der Waals surface area contributed by atoms with Gasteiger partial charge in [0.2, 0.25) is 5.90 Å². The molecule has 9 heteroatoms. The molecule has 0 aromatic heterocycles. The number of amides is 1. The highest BCUT2D eigenvalue weighted by Crippen LogP contribution is 2.46. The maximum Gasteiger partial charge on any atom is 0.266 e. The van der Waals surface area contributed by atoms with Gasteiger partial charge in [-0.2, -0.15) is 0 Å². The van der Waals surface area contributed by atoms with Crippen molar-refractivity contribution in [3.63, 3.8) is 0 Å². The van der Waals surface area contributed by atoms with E-state index in [2.05, 4.69) is 67.0 Å². The summed E-state index contributed by atoms with van der Waals surface area (Å²) in [5, 5.41) is 9.12. The number of halogens is 2. The molecule has 1 aliphatic heterocycles. The predicted octanol–water partition coefficient (Wildman–Crippen LogP) is 7.86. The SMILES string of the molecule is O=C(NNC1c2ccccc2-c2ccccc21)[C@@]1(Cc2ccccc2Br)N=C(c2ccc(OCCCO)cc2)O[C@H]1c1ccccc1Br. The molecule has 2 aliphatic rings. The topological polar surface area (TPSA) is 92.2 Å². The maximum atomic E-state index is 14.9. The van der Waals surface area contributed by atoms with E-state index in [9.17, 15) is 4.79 Å². The van der Waals surface area contributed by atoms with Crippen LogP contribution in [0.3, 0.4) is 0 Å². The van der Waals surface area contributed by atoms with Crippen LogP contribution >= 0.6 is 31.9 Å². The number of aliphatic hydroxyl groups is 1. The Kier molecular flexibility index (Phi) is 9.45. The normalized spacial score (nSPS) is 18.1. The summed E-state index contributed by atoms with van der Waals surface area (Å²) in [5.41, 5.74) is 12.0. The summed E-state index contributed by atoms with van der Waals surface area (Å²) < 4.78 is 14.2. The van der Waals surface area contributed by atoms with Crippen molar-refractivity contribution < 1.29 is 19.4 Å². The first-order valence-electron chi connectivity index (χ1n) is 15.8. The fourth-order valence-electron chi connectivity index (χ4n) is 6.44. The van der Waals surface area contributed by atoms with Crippen molar-refractivity contribution in [2.24, 2.45) is 4.99 Å². The summed E-state index contributed by atoms with van der Waals surface area (Å²) in [6.45, 7) is 0.477. The molecule has 0 saturated heterocycles. The van der Waals surface area contributed by atoms with Crippen LogP contribution in [-0.2, 0) is 16.0 Å². The summed E-state index contributed by atoms with van der Waals surface area (Å²) in [4.78, 5) is 20.1. The predicted molar refractivity (Wildman–Crippen MR) is 194 cm³/mol. The Labute approximate surface area is 296 Å². The molecule has 7 rings (SSSR count). The van der Waals surface area contributed by atoms with Crippen LogP contribution in [0.5, 0.6) is 5.75 Å². The van der Waals surface area contributed by atoms with Gasteiger partial charge in [0.15, 0.2) is 11.6 Å². The van der Waals surface area contributed by atoms with Gasteiger partial charge in [-0.05, 0) is 64.2 Å². The molecule has 5 aromatic carbocycles. The zero-order valence-corrected chi connectivity index (χ0v) is 29.1. The third-order valence-electron chi connectivity index (χ3n) is 8.80. The first kappa shape index (κ1) is 32.3. The Hall–Kier alpha value is -4.28. The van der Waals surface area contributed by atoms with Gasteiger partial charge < -0.3 is 14.6 Å². The average Bonchev–Trinajstić information content (AvgIpc) is 3.65. The number of carbonyl (C=O) groups is 1. The number of hydrogen-bond acceptors (Lipinski definition) is 6. The Morgan fingerprint density at radius 1 is 0.792 bits per heavy atom. The van der Waals surface area contributed by atoms with Crippen molar-refractivity contribution >= 4 is 43.7 Å². The second-order valence-corrected chi connectivity index (χ2v) is 13.5. The molecule has 0 unspecified atom stereocenters. The highest BCUT2D eigenvalue weighted by Gasteiger charge is 2.54. The molecule has 7 nitrogen and oxygen atoms in total. The summed E-state index contributed by atoms with van der Waals surface area (Å²) in [7, 11) is 0. The maximum absolute atomic E-state index is 14.9. The molecule has 0 saturated carbocycles. The third-order valence-corrected chi connectivity index (χ3v) is 10.3. The zero-order valence-electron chi connectivity index (χ0n) is 25.9. The van der Waals surface area contributed by atoms with Crippen molar-refractivity contribution in [1.29, 1.82) is 0 Å². The van der Waals surface area contributed by atoms with Gasteiger partial charge in [-0.1, -0.05) is 117 Å². The van der Waals surface area contributed by atoms with E-state index >= 15 is 0 Å². The third kappa shape index (κ3) is 6.19. The van der Waals surface area contributed by atoms with Gasteiger partial charge in [-0.3, -0.25) is 10.2 Å². The number of nitrogens with one attached hydrogen (secondary N) is 2. The van der Waals surface area contributed by atoms with E-state index in [-0.39, 0.29) is 25.0 Å². The molecule has 5 aromatic rings. The molecule has 1 aliphatic carbocycles. The molecule has 0 bridgehead atoms. The van der Waals surface area contributed by atoms with Crippen LogP contribution in [-0.4, -0.2) is 35.7 Å². The smallest absolute Gasteiger partial charge is 0.266 e. The summed E-state index contributed by atoms with van der Waals surface area (Å²) in [6, 6.07) is 39.4. The molecule has 2 atom stereocenters. The lowest BCUT2D eigenvalue weighted by Gasteiger charge is -2.32. The van der Waals surface area contributed by atoms with Crippen LogP contribution in [0.2, 0.25) is 0 Å². The fourth-order valence-corrected chi connectivity index (χ4v) is 7.35. The molecule has 3 N–H and O–H groups in total. The van der Waals surface area contributed by atoms with Crippen LogP contribution in [0.4, 0.5) is 0 Å². The Morgan fingerprint density at radius 2 is 1.40 bits per heavy atom. The number of carbonyl (C=O) groups excluding carboxylic acids is 1. The van der Waals surface area contributed by atoms with Gasteiger partial charge in [0.25, 0.3) is 5.91 Å². The van der Waals surface area contributed by atoms with E-state index in [4.69, 9.17) is 19.6 Å². The molecule has 48 heavy (non-hydrogen) atoms. The first-order valence-corrected chi connectivity index (χ1v) is 17.4. The Balaban J connectivity index is 1.29. The van der Waals surface area contributed by atoms with E-state index in [0.29, 0.717) is 24.7 Å². The van der Waals surface area contributed by atoms with Crippen LogP contribution < -0.4 is 15.6 Å². The molecular formula is C39H33Br2N3O4. The summed E-state index contributed by atoms with van der Waals surface area (Å²) in [6.07, 6.45) is 0.0438.